The lowest BCUT2D eigenvalue weighted by atomic mass is 10.1. The van der Waals surface area contributed by atoms with Gasteiger partial charge in [-0.15, -0.1) is 11.3 Å². The Morgan fingerprint density at radius 1 is 1.04 bits per heavy atom. The Labute approximate surface area is 144 Å². The second kappa shape index (κ2) is 7.90. The quantitative estimate of drug-likeness (QED) is 0.645. The van der Waals surface area contributed by atoms with Gasteiger partial charge in [0.25, 0.3) is 0 Å². The van der Waals surface area contributed by atoms with Crippen LogP contribution in [-0.4, -0.2) is 22.7 Å². The molecule has 3 rings (SSSR count). The number of aromatic nitrogens is 1. The van der Waals surface area contributed by atoms with Crippen molar-refractivity contribution in [1.82, 2.24) is 15.6 Å². The summed E-state index contributed by atoms with van der Waals surface area (Å²) >= 11 is 1.59. The number of hydrogen-bond donors (Lipinski definition) is 3. The van der Waals surface area contributed by atoms with Crippen LogP contribution in [0.4, 0.5) is 4.79 Å². The molecule has 24 heavy (non-hydrogen) atoms. The molecule has 0 fully saturated rings. The fourth-order valence-corrected chi connectivity index (χ4v) is 3.25. The smallest absolute Gasteiger partial charge is 0.315 e. The van der Waals surface area contributed by atoms with E-state index < -0.39 is 0 Å². The third kappa shape index (κ3) is 4.31. The zero-order chi connectivity index (χ0) is 16.8. The molecule has 3 aromatic rings. The van der Waals surface area contributed by atoms with Gasteiger partial charge in [0.1, 0.15) is 5.01 Å². The molecular formula is C18H19N3O2S. The first-order valence-electron chi connectivity index (χ1n) is 7.79. The van der Waals surface area contributed by atoms with Crippen molar-refractivity contribution in [2.45, 2.75) is 19.6 Å². The number of rotatable bonds is 6. The van der Waals surface area contributed by atoms with Gasteiger partial charge in [0.2, 0.25) is 0 Å². The van der Waals surface area contributed by atoms with Crippen LogP contribution in [0.1, 0.15) is 16.1 Å². The summed E-state index contributed by atoms with van der Waals surface area (Å²) in [7, 11) is 0. The highest BCUT2D eigenvalue weighted by Crippen LogP contribution is 2.21. The molecule has 124 valence electrons. The Bertz CT molecular complexity index is 782. The van der Waals surface area contributed by atoms with Gasteiger partial charge in [-0.3, -0.25) is 0 Å². The van der Waals surface area contributed by atoms with Crippen LogP contribution in [0.15, 0.2) is 48.5 Å². The number of carbonyl (C=O) groups is 1. The molecule has 0 atom stereocenters. The van der Waals surface area contributed by atoms with Crippen LogP contribution >= 0.6 is 11.3 Å². The van der Waals surface area contributed by atoms with Crippen LogP contribution in [0.5, 0.6) is 0 Å². The molecule has 0 radical (unpaired) electrons. The summed E-state index contributed by atoms with van der Waals surface area (Å²) in [6.45, 7) is 1.03. The number of nitrogens with zero attached hydrogens (tertiary/aromatic N) is 1. The standard InChI is InChI=1S/C18H19N3O2S/c22-12-14-7-5-13(6-8-14)9-10-19-18(23)20-11-17-21-15-3-1-2-4-16(15)24-17/h1-8,22H,9-12H2,(H2,19,20,23). The summed E-state index contributed by atoms with van der Waals surface area (Å²) in [5.74, 6) is 0. The number of hydrogen-bond acceptors (Lipinski definition) is 4. The van der Waals surface area contributed by atoms with Gasteiger partial charge < -0.3 is 15.7 Å². The number of benzene rings is 2. The number of urea groups is 1. The van der Waals surface area contributed by atoms with Gasteiger partial charge in [-0.25, -0.2) is 9.78 Å². The lowest BCUT2D eigenvalue weighted by molar-refractivity contribution is 0.240. The van der Waals surface area contributed by atoms with Gasteiger partial charge in [0.15, 0.2) is 0 Å². The van der Waals surface area contributed by atoms with E-state index in [-0.39, 0.29) is 12.6 Å². The predicted octanol–water partition coefficient (Wildman–Crippen LogP) is 2.83. The van der Waals surface area contributed by atoms with Crippen LogP contribution in [-0.2, 0) is 19.6 Å². The number of carbonyl (C=O) groups excluding carboxylic acids is 1. The minimum atomic E-state index is -0.193. The van der Waals surface area contributed by atoms with E-state index in [1.165, 1.54) is 0 Å². The molecule has 5 nitrogen and oxygen atoms in total. The summed E-state index contributed by atoms with van der Waals surface area (Å²) < 4.78 is 1.13. The van der Waals surface area contributed by atoms with Crippen molar-refractivity contribution in [1.29, 1.82) is 0 Å². The van der Waals surface area contributed by atoms with Gasteiger partial charge >= 0.3 is 6.03 Å². The Hall–Kier alpha value is -2.44. The topological polar surface area (TPSA) is 74.2 Å². The van der Waals surface area contributed by atoms with Crippen LogP contribution < -0.4 is 10.6 Å². The number of aliphatic hydroxyl groups is 1. The van der Waals surface area contributed by atoms with Crippen molar-refractivity contribution in [3.8, 4) is 0 Å². The minimum Gasteiger partial charge on any atom is -0.392 e. The van der Waals surface area contributed by atoms with Gasteiger partial charge in [-0.2, -0.15) is 0 Å². The summed E-state index contributed by atoms with van der Waals surface area (Å²) in [6, 6.07) is 15.5. The van der Waals surface area contributed by atoms with Crippen molar-refractivity contribution < 1.29 is 9.90 Å². The molecule has 1 heterocycles. The normalized spacial score (nSPS) is 10.7. The van der Waals surface area contributed by atoms with Crippen molar-refractivity contribution in [2.24, 2.45) is 0 Å². The molecule has 0 spiro atoms. The Kier molecular flexibility index (Phi) is 5.40. The molecule has 2 amide bonds. The molecule has 0 aliphatic heterocycles. The molecule has 1 aromatic heterocycles. The summed E-state index contributed by atoms with van der Waals surface area (Å²) in [5, 5.41) is 15.6. The molecule has 0 saturated carbocycles. The maximum atomic E-state index is 11.8. The fraction of sp³-hybridized carbons (Fsp3) is 0.222. The van der Waals surface area contributed by atoms with E-state index >= 15 is 0 Å². The first-order valence-corrected chi connectivity index (χ1v) is 8.61. The fourth-order valence-electron chi connectivity index (χ4n) is 2.35. The molecule has 0 unspecified atom stereocenters. The maximum Gasteiger partial charge on any atom is 0.315 e. The highest BCUT2D eigenvalue weighted by Gasteiger charge is 2.05. The number of nitrogens with one attached hydrogen (secondary N) is 2. The van der Waals surface area contributed by atoms with Gasteiger partial charge in [0.05, 0.1) is 23.4 Å². The molecule has 6 heteroatoms. The molecule has 0 aliphatic rings. The summed E-state index contributed by atoms with van der Waals surface area (Å²) in [6.07, 6.45) is 0.750. The first kappa shape index (κ1) is 16.4. The van der Waals surface area contributed by atoms with E-state index in [1.807, 2.05) is 48.5 Å². The largest absolute Gasteiger partial charge is 0.392 e. The highest BCUT2D eigenvalue weighted by atomic mass is 32.1. The van der Waals surface area contributed by atoms with E-state index in [4.69, 9.17) is 5.11 Å². The Balaban J connectivity index is 1.42. The predicted molar refractivity (Wildman–Crippen MR) is 95.9 cm³/mol. The number of para-hydroxylation sites is 1. The molecule has 0 aliphatic carbocycles. The first-order chi connectivity index (χ1) is 11.7. The molecule has 0 bridgehead atoms. The van der Waals surface area contributed by atoms with E-state index in [0.29, 0.717) is 13.1 Å². The second-order valence-electron chi connectivity index (χ2n) is 5.41. The zero-order valence-electron chi connectivity index (χ0n) is 13.2. The van der Waals surface area contributed by atoms with E-state index in [2.05, 4.69) is 15.6 Å². The summed E-state index contributed by atoms with van der Waals surface area (Å²) in [5.41, 5.74) is 2.98. The van der Waals surface area contributed by atoms with Crippen LogP contribution in [0.2, 0.25) is 0 Å². The average Bonchev–Trinajstić information content (AvgIpc) is 3.03. The maximum absolute atomic E-state index is 11.8. The van der Waals surface area contributed by atoms with Gasteiger partial charge in [0, 0.05) is 6.54 Å². The minimum absolute atomic E-state index is 0.0483. The monoisotopic (exact) mass is 341 g/mol. The van der Waals surface area contributed by atoms with Crippen LogP contribution in [0, 0.1) is 0 Å². The molecule has 2 aromatic carbocycles. The van der Waals surface area contributed by atoms with Crippen molar-refractivity contribution in [3.05, 3.63) is 64.7 Å². The lowest BCUT2D eigenvalue weighted by Gasteiger charge is -2.07. The summed E-state index contributed by atoms with van der Waals surface area (Å²) in [4.78, 5) is 16.3. The van der Waals surface area contributed by atoms with E-state index in [0.717, 1.165) is 32.8 Å². The van der Waals surface area contributed by atoms with Crippen LogP contribution in [0.25, 0.3) is 10.2 Å². The van der Waals surface area contributed by atoms with Crippen LogP contribution in [0.3, 0.4) is 0 Å². The lowest BCUT2D eigenvalue weighted by Crippen LogP contribution is -2.36. The zero-order valence-corrected chi connectivity index (χ0v) is 14.0. The number of amides is 2. The third-order valence-corrected chi connectivity index (χ3v) is 4.68. The van der Waals surface area contributed by atoms with E-state index in [9.17, 15) is 4.79 Å². The number of fused-ring (bicyclic) bond motifs is 1. The van der Waals surface area contributed by atoms with E-state index in [1.54, 1.807) is 11.3 Å². The SMILES string of the molecule is O=C(NCCc1ccc(CO)cc1)NCc1nc2ccccc2s1. The average molecular weight is 341 g/mol. The molecule has 0 saturated heterocycles. The highest BCUT2D eigenvalue weighted by molar-refractivity contribution is 7.18. The third-order valence-electron chi connectivity index (χ3n) is 3.64. The van der Waals surface area contributed by atoms with Gasteiger partial charge in [-0.05, 0) is 29.7 Å². The Morgan fingerprint density at radius 3 is 2.54 bits per heavy atom. The number of thiazole rings is 1. The second-order valence-corrected chi connectivity index (χ2v) is 6.52. The van der Waals surface area contributed by atoms with Crippen molar-refractivity contribution in [2.75, 3.05) is 6.54 Å². The Morgan fingerprint density at radius 2 is 1.79 bits per heavy atom. The van der Waals surface area contributed by atoms with Crippen molar-refractivity contribution >= 4 is 27.6 Å². The number of aliphatic hydroxyl groups excluding tert-OH is 1. The molecular weight excluding hydrogens is 322 g/mol. The molecule has 3 N–H and O–H groups in total. The van der Waals surface area contributed by atoms with Gasteiger partial charge in [-0.1, -0.05) is 36.4 Å². The van der Waals surface area contributed by atoms with Crippen molar-refractivity contribution in [3.63, 3.8) is 0 Å².